The minimum Gasteiger partial charge on any atom is -0.434 e. The molecular formula is C21H17F5N4O3S. The van der Waals surface area contributed by atoms with E-state index >= 15 is 0 Å². The van der Waals surface area contributed by atoms with Gasteiger partial charge < -0.3 is 10.1 Å². The highest BCUT2D eigenvalue weighted by Crippen LogP contribution is 2.36. The van der Waals surface area contributed by atoms with Crippen LogP contribution in [0.2, 0.25) is 0 Å². The molecule has 1 heterocycles. The maximum absolute atomic E-state index is 14.2. The van der Waals surface area contributed by atoms with Crippen molar-refractivity contribution in [2.24, 2.45) is 0 Å². The van der Waals surface area contributed by atoms with Gasteiger partial charge in [-0.2, -0.15) is 17.6 Å². The lowest BCUT2D eigenvalue weighted by molar-refractivity contribution is -0.142. The number of amides is 1. The number of nitrogens with one attached hydrogen (secondary N) is 2. The molecule has 13 heteroatoms. The van der Waals surface area contributed by atoms with E-state index in [-0.39, 0.29) is 16.1 Å². The van der Waals surface area contributed by atoms with Crippen LogP contribution in [0.15, 0.2) is 41.3 Å². The molecule has 0 saturated carbocycles. The quantitative estimate of drug-likeness (QED) is 0.452. The van der Waals surface area contributed by atoms with Gasteiger partial charge in [0.2, 0.25) is 5.82 Å². The SMILES string of the molecule is Cc1cc(F)c(F)c(Oc2nnc(C(F)(F)F)c(C)c2C(=O)Nc2cccc(S(C)(=N)=O)c2)c1. The van der Waals surface area contributed by atoms with Crippen LogP contribution in [0.25, 0.3) is 0 Å². The van der Waals surface area contributed by atoms with E-state index in [2.05, 4.69) is 15.5 Å². The third-order valence-corrected chi connectivity index (χ3v) is 5.72. The molecule has 0 aliphatic rings. The average Bonchev–Trinajstić information content (AvgIpc) is 2.70. The molecule has 1 atom stereocenters. The molecule has 0 fully saturated rings. The molecule has 0 bridgehead atoms. The number of benzene rings is 2. The largest absolute Gasteiger partial charge is 0.435 e. The van der Waals surface area contributed by atoms with Crippen molar-refractivity contribution in [1.29, 1.82) is 4.78 Å². The Morgan fingerprint density at radius 3 is 2.41 bits per heavy atom. The number of carbonyl (C=O) groups is 1. The zero-order chi connectivity index (χ0) is 25.4. The number of halogens is 5. The van der Waals surface area contributed by atoms with Crippen molar-refractivity contribution in [3.05, 3.63) is 70.4 Å². The van der Waals surface area contributed by atoms with Gasteiger partial charge >= 0.3 is 6.18 Å². The number of hydrogen-bond acceptors (Lipinski definition) is 6. The summed E-state index contributed by atoms with van der Waals surface area (Å²) >= 11 is 0. The van der Waals surface area contributed by atoms with Gasteiger partial charge in [-0.3, -0.25) is 4.79 Å². The second-order valence-electron chi connectivity index (χ2n) is 7.34. The number of nitrogens with zero attached hydrogens (tertiary/aromatic N) is 2. The first-order valence-corrected chi connectivity index (χ1v) is 11.4. The second kappa shape index (κ2) is 8.97. The third kappa shape index (κ3) is 5.30. The monoisotopic (exact) mass is 500 g/mol. The Balaban J connectivity index is 2.11. The molecule has 180 valence electrons. The molecular weight excluding hydrogens is 483 g/mol. The van der Waals surface area contributed by atoms with Crippen LogP contribution in [0, 0.1) is 30.3 Å². The van der Waals surface area contributed by atoms with E-state index in [0.29, 0.717) is 0 Å². The van der Waals surface area contributed by atoms with Crippen molar-refractivity contribution in [3.8, 4) is 11.6 Å². The van der Waals surface area contributed by atoms with E-state index in [9.17, 15) is 31.0 Å². The molecule has 0 aliphatic heterocycles. The lowest BCUT2D eigenvalue weighted by atomic mass is 10.1. The number of anilines is 1. The highest BCUT2D eigenvalue weighted by atomic mass is 32.2. The first-order valence-electron chi connectivity index (χ1n) is 9.41. The van der Waals surface area contributed by atoms with Gasteiger partial charge in [-0.25, -0.2) is 13.4 Å². The molecule has 0 saturated heterocycles. The van der Waals surface area contributed by atoms with Crippen molar-refractivity contribution in [1.82, 2.24) is 10.2 Å². The molecule has 2 N–H and O–H groups in total. The third-order valence-electron chi connectivity index (χ3n) is 4.57. The molecule has 7 nitrogen and oxygen atoms in total. The van der Waals surface area contributed by atoms with Crippen LogP contribution >= 0.6 is 0 Å². The molecule has 3 aromatic rings. The van der Waals surface area contributed by atoms with Crippen LogP contribution in [-0.4, -0.2) is 26.6 Å². The first kappa shape index (κ1) is 25.0. The van der Waals surface area contributed by atoms with Crippen molar-refractivity contribution < 1.29 is 35.7 Å². The van der Waals surface area contributed by atoms with Gasteiger partial charge in [0, 0.05) is 16.8 Å². The molecule has 0 radical (unpaired) electrons. The highest BCUT2D eigenvalue weighted by molar-refractivity contribution is 7.91. The minimum atomic E-state index is -4.97. The first-order chi connectivity index (χ1) is 15.7. The molecule has 1 amide bonds. The number of hydrogen-bond donors (Lipinski definition) is 2. The normalized spacial score (nSPS) is 13.3. The Kier molecular flexibility index (Phi) is 6.60. The van der Waals surface area contributed by atoms with E-state index in [1.807, 2.05) is 0 Å². The van der Waals surface area contributed by atoms with E-state index in [1.54, 1.807) is 0 Å². The number of alkyl halides is 3. The van der Waals surface area contributed by atoms with Gasteiger partial charge in [0.15, 0.2) is 17.3 Å². The summed E-state index contributed by atoms with van der Waals surface area (Å²) in [7, 11) is -3.15. The topological polar surface area (TPSA) is 105 Å². The molecule has 2 aromatic carbocycles. The van der Waals surface area contributed by atoms with Crippen molar-refractivity contribution in [2.45, 2.75) is 24.9 Å². The molecule has 34 heavy (non-hydrogen) atoms. The minimum absolute atomic E-state index is 0.0211. The van der Waals surface area contributed by atoms with Crippen LogP contribution in [0.1, 0.15) is 27.2 Å². The van der Waals surface area contributed by atoms with Crippen molar-refractivity contribution in [2.75, 3.05) is 11.6 Å². The Morgan fingerprint density at radius 2 is 1.79 bits per heavy atom. The fourth-order valence-electron chi connectivity index (χ4n) is 2.99. The van der Waals surface area contributed by atoms with Crippen molar-refractivity contribution >= 4 is 21.3 Å². The predicted molar refractivity (Wildman–Crippen MR) is 112 cm³/mol. The summed E-state index contributed by atoms with van der Waals surface area (Å²) in [4.78, 5) is 13.1. The Labute approximate surface area is 190 Å². The standard InChI is InChI=1S/C21H17F5N4O3S/c1-10-7-14(22)17(23)15(8-10)33-20-16(11(2)18(29-30-20)21(24,25)26)19(31)28-12-5-4-6-13(9-12)34(3,27)32/h4-9,27H,1-3H3,(H,28,31). The van der Waals surface area contributed by atoms with E-state index in [1.165, 1.54) is 31.2 Å². The fourth-order valence-corrected chi connectivity index (χ4v) is 3.68. The summed E-state index contributed by atoms with van der Waals surface area (Å²) in [5, 5.41) is 8.68. The van der Waals surface area contributed by atoms with Gasteiger partial charge in [0.25, 0.3) is 11.8 Å². The summed E-state index contributed by atoms with van der Waals surface area (Å²) in [6, 6.07) is 7.31. The molecule has 3 rings (SSSR count). The van der Waals surface area contributed by atoms with E-state index in [4.69, 9.17) is 9.52 Å². The van der Waals surface area contributed by atoms with Gasteiger partial charge in [0.05, 0.1) is 9.73 Å². The lowest BCUT2D eigenvalue weighted by Gasteiger charge is -2.16. The zero-order valence-corrected chi connectivity index (χ0v) is 18.7. The summed E-state index contributed by atoms with van der Waals surface area (Å²) in [5.74, 6) is -5.33. The predicted octanol–water partition coefficient (Wildman–Crippen LogP) is 5.47. The highest BCUT2D eigenvalue weighted by Gasteiger charge is 2.38. The van der Waals surface area contributed by atoms with Gasteiger partial charge in [-0.15, -0.1) is 10.2 Å². The maximum atomic E-state index is 14.2. The van der Waals surface area contributed by atoms with Crippen LogP contribution in [-0.2, 0) is 15.9 Å². The molecule has 1 aromatic heterocycles. The summed E-state index contributed by atoms with van der Waals surface area (Å²) in [5.41, 5.74) is -2.60. The van der Waals surface area contributed by atoms with Gasteiger partial charge in [0.1, 0.15) is 5.56 Å². The van der Waals surface area contributed by atoms with Gasteiger partial charge in [-0.05, 0) is 55.3 Å². The number of aromatic nitrogens is 2. The Morgan fingerprint density at radius 1 is 1.12 bits per heavy atom. The summed E-state index contributed by atoms with van der Waals surface area (Å²) in [6.45, 7) is 2.38. The molecule has 0 aliphatic carbocycles. The number of aryl methyl sites for hydroxylation is 1. The number of rotatable bonds is 5. The van der Waals surface area contributed by atoms with Gasteiger partial charge in [-0.1, -0.05) is 6.07 Å². The molecule has 1 unspecified atom stereocenters. The second-order valence-corrected chi connectivity index (χ2v) is 9.50. The Bertz CT molecular complexity index is 1390. The van der Waals surface area contributed by atoms with E-state index in [0.717, 1.165) is 25.3 Å². The number of carbonyl (C=O) groups excluding carboxylic acids is 1. The Hall–Kier alpha value is -3.61. The summed E-state index contributed by atoms with van der Waals surface area (Å²) < 4.78 is 93.0. The van der Waals surface area contributed by atoms with E-state index < -0.39 is 61.9 Å². The van der Waals surface area contributed by atoms with Crippen LogP contribution in [0.3, 0.4) is 0 Å². The maximum Gasteiger partial charge on any atom is 0.435 e. The van der Waals surface area contributed by atoms with Crippen molar-refractivity contribution in [3.63, 3.8) is 0 Å². The fraction of sp³-hybridized carbons (Fsp3) is 0.190. The van der Waals surface area contributed by atoms with Crippen LogP contribution in [0.4, 0.5) is 27.6 Å². The average molecular weight is 500 g/mol. The zero-order valence-electron chi connectivity index (χ0n) is 17.9. The smallest absolute Gasteiger partial charge is 0.434 e. The van der Waals surface area contributed by atoms with Crippen LogP contribution in [0.5, 0.6) is 11.6 Å². The molecule has 0 spiro atoms. The number of ether oxygens (including phenoxy) is 1. The lowest BCUT2D eigenvalue weighted by Crippen LogP contribution is -2.21. The van der Waals surface area contributed by atoms with Crippen LogP contribution < -0.4 is 10.1 Å². The summed E-state index contributed by atoms with van der Waals surface area (Å²) in [6.07, 6.45) is -3.81.